The SMILES string of the molecule is C[C@H](c1ccccc1)N1C=CC(=O)C[C@@H]1C(F)F. The van der Waals surface area contributed by atoms with Gasteiger partial charge < -0.3 is 4.90 Å². The Morgan fingerprint density at radius 1 is 1.28 bits per heavy atom. The second-order valence-electron chi connectivity index (χ2n) is 4.42. The Morgan fingerprint density at radius 2 is 1.94 bits per heavy atom. The van der Waals surface area contributed by atoms with E-state index in [0.29, 0.717) is 0 Å². The Bertz CT molecular complexity index is 444. The largest absolute Gasteiger partial charge is 0.361 e. The molecule has 2 atom stereocenters. The van der Waals surface area contributed by atoms with Gasteiger partial charge in [0.05, 0.1) is 12.1 Å². The highest BCUT2D eigenvalue weighted by atomic mass is 19.3. The summed E-state index contributed by atoms with van der Waals surface area (Å²) in [4.78, 5) is 12.8. The van der Waals surface area contributed by atoms with Gasteiger partial charge in [0.2, 0.25) is 0 Å². The molecule has 0 saturated heterocycles. The molecule has 1 aliphatic heterocycles. The van der Waals surface area contributed by atoms with Crippen molar-refractivity contribution >= 4 is 5.78 Å². The molecule has 2 rings (SSSR count). The summed E-state index contributed by atoms with van der Waals surface area (Å²) >= 11 is 0. The quantitative estimate of drug-likeness (QED) is 0.822. The van der Waals surface area contributed by atoms with Gasteiger partial charge in [-0.1, -0.05) is 30.3 Å². The number of halogens is 2. The van der Waals surface area contributed by atoms with Gasteiger partial charge >= 0.3 is 0 Å². The molecular weight excluding hydrogens is 236 g/mol. The highest BCUT2D eigenvalue weighted by Crippen LogP contribution is 2.29. The van der Waals surface area contributed by atoms with Gasteiger partial charge in [-0.25, -0.2) is 8.78 Å². The highest BCUT2D eigenvalue weighted by Gasteiger charge is 2.33. The molecule has 0 radical (unpaired) electrons. The van der Waals surface area contributed by atoms with Crippen LogP contribution in [-0.2, 0) is 4.79 Å². The molecule has 0 fully saturated rings. The van der Waals surface area contributed by atoms with Crippen LogP contribution in [0, 0.1) is 0 Å². The van der Waals surface area contributed by atoms with Crippen molar-refractivity contribution in [3.63, 3.8) is 0 Å². The van der Waals surface area contributed by atoms with E-state index in [1.54, 1.807) is 4.90 Å². The van der Waals surface area contributed by atoms with Gasteiger partial charge in [-0.2, -0.15) is 0 Å². The lowest BCUT2D eigenvalue weighted by molar-refractivity contribution is -0.118. The number of ketones is 1. The van der Waals surface area contributed by atoms with E-state index >= 15 is 0 Å². The van der Waals surface area contributed by atoms with Crippen molar-refractivity contribution < 1.29 is 13.6 Å². The van der Waals surface area contributed by atoms with Crippen LogP contribution >= 0.6 is 0 Å². The summed E-state index contributed by atoms with van der Waals surface area (Å²) in [7, 11) is 0. The van der Waals surface area contributed by atoms with Crippen LogP contribution < -0.4 is 0 Å². The number of carbonyl (C=O) groups excluding carboxylic acids is 1. The molecule has 0 amide bonds. The van der Waals surface area contributed by atoms with E-state index in [4.69, 9.17) is 0 Å². The Morgan fingerprint density at radius 3 is 2.56 bits per heavy atom. The molecule has 0 unspecified atom stereocenters. The van der Waals surface area contributed by atoms with Crippen molar-refractivity contribution in [3.8, 4) is 0 Å². The zero-order chi connectivity index (χ0) is 13.1. The number of rotatable bonds is 3. The molecule has 96 valence electrons. The van der Waals surface area contributed by atoms with Crippen molar-refractivity contribution in [1.82, 2.24) is 4.90 Å². The van der Waals surface area contributed by atoms with Gasteiger partial charge in [-0.05, 0) is 18.6 Å². The van der Waals surface area contributed by atoms with Crippen molar-refractivity contribution in [1.29, 1.82) is 0 Å². The third-order valence-corrected chi connectivity index (χ3v) is 3.25. The first-order valence-corrected chi connectivity index (χ1v) is 5.91. The van der Waals surface area contributed by atoms with E-state index in [-0.39, 0.29) is 18.2 Å². The Kier molecular flexibility index (Phi) is 3.75. The Hall–Kier alpha value is -1.71. The molecule has 1 aliphatic rings. The fourth-order valence-electron chi connectivity index (χ4n) is 2.20. The standard InChI is InChI=1S/C14H15F2NO/c1-10(11-5-3-2-4-6-11)17-8-7-12(18)9-13(17)14(15)16/h2-8,10,13-14H,9H2,1H3/t10-,13-/m1/s1. The minimum atomic E-state index is -2.52. The van der Waals surface area contributed by atoms with Crippen LogP contribution in [0.1, 0.15) is 24.9 Å². The number of allylic oxidation sites excluding steroid dienone is 1. The first kappa shape index (κ1) is 12.7. The van der Waals surface area contributed by atoms with Crippen LogP contribution in [0.4, 0.5) is 8.78 Å². The Labute approximate surface area is 105 Å². The third kappa shape index (κ3) is 2.58. The Balaban J connectivity index is 2.25. The number of carbonyl (C=O) groups is 1. The normalized spacial score (nSPS) is 21.4. The average molecular weight is 251 g/mol. The minimum Gasteiger partial charge on any atom is -0.361 e. The number of hydrogen-bond acceptors (Lipinski definition) is 2. The van der Waals surface area contributed by atoms with Crippen molar-refractivity contribution in [2.75, 3.05) is 0 Å². The number of nitrogens with zero attached hydrogens (tertiary/aromatic N) is 1. The van der Waals surface area contributed by atoms with Crippen LogP contribution in [0.25, 0.3) is 0 Å². The van der Waals surface area contributed by atoms with Crippen molar-refractivity contribution in [2.45, 2.75) is 31.9 Å². The monoisotopic (exact) mass is 251 g/mol. The molecule has 4 heteroatoms. The number of benzene rings is 1. The first-order chi connectivity index (χ1) is 8.59. The second-order valence-corrected chi connectivity index (χ2v) is 4.42. The lowest BCUT2D eigenvalue weighted by Gasteiger charge is -2.37. The van der Waals surface area contributed by atoms with E-state index in [1.807, 2.05) is 37.3 Å². The van der Waals surface area contributed by atoms with Crippen LogP contribution in [0.2, 0.25) is 0 Å². The maximum atomic E-state index is 13.0. The van der Waals surface area contributed by atoms with E-state index < -0.39 is 12.5 Å². The second kappa shape index (κ2) is 5.29. The molecular formula is C14H15F2NO. The highest BCUT2D eigenvalue weighted by molar-refractivity contribution is 5.90. The number of alkyl halides is 2. The molecule has 18 heavy (non-hydrogen) atoms. The van der Waals surface area contributed by atoms with Gasteiger partial charge in [0.1, 0.15) is 0 Å². The summed E-state index contributed by atoms with van der Waals surface area (Å²) in [6, 6.07) is 8.24. The van der Waals surface area contributed by atoms with Gasteiger partial charge in [-0.15, -0.1) is 0 Å². The average Bonchev–Trinajstić information content (AvgIpc) is 2.39. The van der Waals surface area contributed by atoms with E-state index in [2.05, 4.69) is 0 Å². The fourth-order valence-corrected chi connectivity index (χ4v) is 2.20. The van der Waals surface area contributed by atoms with E-state index in [9.17, 15) is 13.6 Å². The van der Waals surface area contributed by atoms with Crippen LogP contribution in [0.15, 0.2) is 42.6 Å². The van der Waals surface area contributed by atoms with Crippen LogP contribution in [0.5, 0.6) is 0 Å². The minimum absolute atomic E-state index is 0.120. The number of hydrogen-bond donors (Lipinski definition) is 0. The molecule has 0 aromatic heterocycles. The van der Waals surface area contributed by atoms with Gasteiger partial charge in [0.15, 0.2) is 5.78 Å². The molecule has 0 spiro atoms. The first-order valence-electron chi connectivity index (χ1n) is 5.91. The summed E-state index contributed by atoms with van der Waals surface area (Å²) in [5.41, 5.74) is 0.960. The summed E-state index contributed by atoms with van der Waals surface area (Å²) in [6.45, 7) is 1.87. The zero-order valence-corrected chi connectivity index (χ0v) is 10.1. The lowest BCUT2D eigenvalue weighted by atomic mass is 10.00. The van der Waals surface area contributed by atoms with Crippen LogP contribution in [-0.4, -0.2) is 23.2 Å². The fraction of sp³-hybridized carbons (Fsp3) is 0.357. The topological polar surface area (TPSA) is 20.3 Å². The molecule has 0 bridgehead atoms. The molecule has 2 nitrogen and oxygen atoms in total. The van der Waals surface area contributed by atoms with Gasteiger partial charge in [0, 0.05) is 12.6 Å². The van der Waals surface area contributed by atoms with E-state index in [0.717, 1.165) is 5.56 Å². The van der Waals surface area contributed by atoms with Crippen LogP contribution in [0.3, 0.4) is 0 Å². The van der Waals surface area contributed by atoms with Gasteiger partial charge in [-0.3, -0.25) is 4.79 Å². The summed E-state index contributed by atoms with van der Waals surface area (Å²) < 4.78 is 26.0. The smallest absolute Gasteiger partial charge is 0.259 e. The predicted molar refractivity (Wildman–Crippen MR) is 65.3 cm³/mol. The maximum absolute atomic E-state index is 13.0. The zero-order valence-electron chi connectivity index (χ0n) is 10.1. The predicted octanol–water partition coefficient (Wildman–Crippen LogP) is 3.17. The van der Waals surface area contributed by atoms with Crippen molar-refractivity contribution in [2.24, 2.45) is 0 Å². The summed E-state index contributed by atoms with van der Waals surface area (Å²) in [5, 5.41) is 0. The van der Waals surface area contributed by atoms with E-state index in [1.165, 1.54) is 12.3 Å². The summed E-state index contributed by atoms with van der Waals surface area (Å²) in [5.74, 6) is -0.239. The molecule has 1 aromatic carbocycles. The lowest BCUT2D eigenvalue weighted by Crippen LogP contribution is -2.42. The molecule has 0 aliphatic carbocycles. The third-order valence-electron chi connectivity index (χ3n) is 3.25. The summed E-state index contributed by atoms with van der Waals surface area (Å²) in [6.07, 6.45) is 0.217. The molecule has 0 N–H and O–H groups in total. The molecule has 1 heterocycles. The molecule has 0 saturated carbocycles. The maximum Gasteiger partial charge on any atom is 0.259 e. The van der Waals surface area contributed by atoms with Crippen molar-refractivity contribution in [3.05, 3.63) is 48.2 Å². The molecule has 1 aromatic rings. The van der Waals surface area contributed by atoms with Gasteiger partial charge in [0.25, 0.3) is 6.43 Å².